The van der Waals surface area contributed by atoms with Gasteiger partial charge < -0.3 is 4.57 Å². The normalized spacial score (nSPS) is 11.0. The Kier molecular flexibility index (Phi) is 3.52. The highest BCUT2D eigenvalue weighted by molar-refractivity contribution is 5.95. The number of pyridine rings is 1. The molecule has 2 heterocycles. The molecule has 3 rings (SSSR count). The van der Waals surface area contributed by atoms with Gasteiger partial charge in [-0.05, 0) is 38.1 Å². The van der Waals surface area contributed by atoms with Crippen LogP contribution in [0, 0.1) is 6.92 Å². The van der Waals surface area contributed by atoms with E-state index < -0.39 is 0 Å². The lowest BCUT2D eigenvalue weighted by atomic mass is 10.2. The summed E-state index contributed by atoms with van der Waals surface area (Å²) < 4.78 is 2.09. The number of fused-ring (bicyclic) bond motifs is 1. The Hall–Kier alpha value is -2.49. The van der Waals surface area contributed by atoms with Crippen molar-refractivity contribution in [1.82, 2.24) is 14.5 Å². The Morgan fingerprint density at radius 1 is 1.10 bits per heavy atom. The van der Waals surface area contributed by atoms with E-state index in [-0.39, 0.29) is 12.2 Å². The van der Waals surface area contributed by atoms with Crippen LogP contribution in [0.15, 0.2) is 42.5 Å². The van der Waals surface area contributed by atoms with Gasteiger partial charge in [-0.25, -0.2) is 4.98 Å². The van der Waals surface area contributed by atoms with E-state index in [0.29, 0.717) is 5.69 Å². The van der Waals surface area contributed by atoms with Gasteiger partial charge in [0.15, 0.2) is 5.78 Å². The average molecular weight is 279 g/mol. The minimum atomic E-state index is 0.00343. The van der Waals surface area contributed by atoms with E-state index in [9.17, 15) is 4.79 Å². The minimum absolute atomic E-state index is 0.00343. The predicted octanol–water partition coefficient (Wildman–Crippen LogP) is 3.19. The molecule has 0 atom stereocenters. The van der Waals surface area contributed by atoms with E-state index in [1.54, 1.807) is 6.07 Å². The number of benzene rings is 1. The molecule has 21 heavy (non-hydrogen) atoms. The average Bonchev–Trinajstić information content (AvgIpc) is 2.84. The maximum atomic E-state index is 12.4. The van der Waals surface area contributed by atoms with Gasteiger partial charge in [0.2, 0.25) is 0 Å². The van der Waals surface area contributed by atoms with Crippen molar-refractivity contribution < 1.29 is 4.79 Å². The number of carbonyl (C=O) groups excluding carboxylic acids is 1. The number of imidazole rings is 1. The van der Waals surface area contributed by atoms with Crippen molar-refractivity contribution in [2.75, 3.05) is 0 Å². The van der Waals surface area contributed by atoms with Gasteiger partial charge in [0.1, 0.15) is 11.5 Å². The van der Waals surface area contributed by atoms with Crippen LogP contribution in [0.5, 0.6) is 0 Å². The SMILES string of the molecule is CCn1c(CC(=O)c2cccc(C)n2)nc2ccccc21. The molecular formula is C17H17N3O. The summed E-state index contributed by atoms with van der Waals surface area (Å²) in [6.07, 6.45) is 0.277. The van der Waals surface area contributed by atoms with E-state index in [4.69, 9.17) is 0 Å². The van der Waals surface area contributed by atoms with Gasteiger partial charge in [0, 0.05) is 12.2 Å². The second kappa shape index (κ2) is 5.48. The van der Waals surface area contributed by atoms with Crippen LogP contribution in [0.4, 0.5) is 0 Å². The summed E-state index contributed by atoms with van der Waals surface area (Å²) in [6.45, 7) is 4.75. The topological polar surface area (TPSA) is 47.8 Å². The number of hydrogen-bond donors (Lipinski definition) is 0. The zero-order valence-corrected chi connectivity index (χ0v) is 12.2. The fourth-order valence-corrected chi connectivity index (χ4v) is 2.55. The van der Waals surface area contributed by atoms with Crippen LogP contribution in [0.3, 0.4) is 0 Å². The fourth-order valence-electron chi connectivity index (χ4n) is 2.55. The maximum Gasteiger partial charge on any atom is 0.188 e. The first kappa shape index (κ1) is 13.5. The molecule has 0 aliphatic carbocycles. The molecule has 0 amide bonds. The highest BCUT2D eigenvalue weighted by Gasteiger charge is 2.15. The number of nitrogens with zero attached hydrogens (tertiary/aromatic N) is 3. The van der Waals surface area contributed by atoms with Gasteiger partial charge >= 0.3 is 0 Å². The van der Waals surface area contributed by atoms with Gasteiger partial charge in [0.05, 0.1) is 17.5 Å². The summed E-state index contributed by atoms with van der Waals surface area (Å²) in [5.41, 5.74) is 3.36. The van der Waals surface area contributed by atoms with Gasteiger partial charge in [0.25, 0.3) is 0 Å². The first-order valence-corrected chi connectivity index (χ1v) is 7.10. The predicted molar refractivity (Wildman–Crippen MR) is 82.4 cm³/mol. The Labute approximate surface area is 123 Å². The third kappa shape index (κ3) is 2.57. The Balaban J connectivity index is 1.96. The van der Waals surface area contributed by atoms with Crippen molar-refractivity contribution >= 4 is 16.8 Å². The molecule has 0 bridgehead atoms. The quantitative estimate of drug-likeness (QED) is 0.689. The number of hydrogen-bond acceptors (Lipinski definition) is 3. The van der Waals surface area contributed by atoms with Crippen LogP contribution >= 0.6 is 0 Å². The molecule has 0 N–H and O–H groups in total. The largest absolute Gasteiger partial charge is 0.328 e. The summed E-state index contributed by atoms with van der Waals surface area (Å²) in [5, 5.41) is 0. The van der Waals surface area contributed by atoms with E-state index in [2.05, 4.69) is 21.5 Å². The third-order valence-electron chi connectivity index (χ3n) is 3.54. The highest BCUT2D eigenvalue weighted by Crippen LogP contribution is 2.17. The monoisotopic (exact) mass is 279 g/mol. The van der Waals surface area contributed by atoms with E-state index >= 15 is 0 Å². The summed E-state index contributed by atoms with van der Waals surface area (Å²) in [5.74, 6) is 0.802. The number of aryl methyl sites for hydroxylation is 2. The molecule has 106 valence electrons. The molecule has 0 aliphatic rings. The lowest BCUT2D eigenvalue weighted by molar-refractivity contribution is 0.0985. The van der Waals surface area contributed by atoms with Gasteiger partial charge in [-0.1, -0.05) is 18.2 Å². The van der Waals surface area contributed by atoms with Crippen molar-refractivity contribution in [2.45, 2.75) is 26.8 Å². The third-order valence-corrected chi connectivity index (χ3v) is 3.54. The van der Waals surface area contributed by atoms with Crippen molar-refractivity contribution in [2.24, 2.45) is 0 Å². The van der Waals surface area contributed by atoms with Crippen LogP contribution in [0.1, 0.15) is 28.9 Å². The molecule has 4 nitrogen and oxygen atoms in total. The molecule has 0 fully saturated rings. The van der Waals surface area contributed by atoms with Crippen LogP contribution in [-0.2, 0) is 13.0 Å². The van der Waals surface area contributed by atoms with E-state index in [1.165, 1.54) is 0 Å². The van der Waals surface area contributed by atoms with Crippen LogP contribution in [-0.4, -0.2) is 20.3 Å². The van der Waals surface area contributed by atoms with E-state index in [1.807, 2.05) is 43.3 Å². The number of Topliss-reactive ketones (excluding diaryl/α,β-unsaturated/α-hetero) is 1. The van der Waals surface area contributed by atoms with Crippen molar-refractivity contribution in [1.29, 1.82) is 0 Å². The summed E-state index contributed by atoms with van der Waals surface area (Å²) in [7, 11) is 0. The first-order valence-electron chi connectivity index (χ1n) is 7.10. The Morgan fingerprint density at radius 3 is 2.67 bits per heavy atom. The number of rotatable bonds is 4. The molecule has 0 saturated heterocycles. The molecule has 2 aromatic heterocycles. The first-order chi connectivity index (χ1) is 10.2. The van der Waals surface area contributed by atoms with Gasteiger partial charge in [-0.3, -0.25) is 9.78 Å². The van der Waals surface area contributed by atoms with Crippen molar-refractivity contribution in [3.63, 3.8) is 0 Å². The lowest BCUT2D eigenvalue weighted by Gasteiger charge is -2.05. The second-order valence-electron chi connectivity index (χ2n) is 5.03. The number of aromatic nitrogens is 3. The van der Waals surface area contributed by atoms with Crippen molar-refractivity contribution in [3.05, 3.63) is 59.7 Å². The molecule has 0 saturated carbocycles. The fraction of sp³-hybridized carbons (Fsp3) is 0.235. The summed E-state index contributed by atoms with van der Waals surface area (Å²) >= 11 is 0. The Bertz CT molecular complexity index is 805. The van der Waals surface area contributed by atoms with Crippen LogP contribution in [0.25, 0.3) is 11.0 Å². The number of ketones is 1. The lowest BCUT2D eigenvalue weighted by Crippen LogP contribution is -2.11. The zero-order valence-electron chi connectivity index (χ0n) is 12.2. The van der Waals surface area contributed by atoms with Gasteiger partial charge in [-0.15, -0.1) is 0 Å². The smallest absolute Gasteiger partial charge is 0.188 e. The second-order valence-corrected chi connectivity index (χ2v) is 5.03. The zero-order chi connectivity index (χ0) is 14.8. The Morgan fingerprint density at radius 2 is 1.90 bits per heavy atom. The highest BCUT2D eigenvalue weighted by atomic mass is 16.1. The summed E-state index contributed by atoms with van der Waals surface area (Å²) in [6, 6.07) is 13.5. The molecule has 0 aliphatic heterocycles. The van der Waals surface area contributed by atoms with Crippen molar-refractivity contribution in [3.8, 4) is 0 Å². The molecule has 1 aromatic carbocycles. The van der Waals surface area contributed by atoms with Crippen LogP contribution in [0.2, 0.25) is 0 Å². The number of carbonyl (C=O) groups is 1. The van der Waals surface area contributed by atoms with Gasteiger partial charge in [-0.2, -0.15) is 0 Å². The van der Waals surface area contributed by atoms with Crippen LogP contribution < -0.4 is 0 Å². The molecule has 0 radical (unpaired) electrons. The molecular weight excluding hydrogens is 262 g/mol. The van der Waals surface area contributed by atoms with E-state index in [0.717, 1.165) is 29.1 Å². The summed E-state index contributed by atoms with van der Waals surface area (Å²) in [4.78, 5) is 21.3. The standard InChI is InChI=1S/C17H17N3O/c1-3-20-15-10-5-4-8-13(15)19-17(20)11-16(21)14-9-6-7-12(2)18-14/h4-10H,3,11H2,1-2H3. The number of para-hydroxylation sites is 2. The molecule has 4 heteroatoms. The molecule has 3 aromatic rings. The minimum Gasteiger partial charge on any atom is -0.328 e. The molecule has 0 unspecified atom stereocenters. The molecule has 0 spiro atoms. The maximum absolute atomic E-state index is 12.4.